The second-order valence-electron chi connectivity index (χ2n) is 4.37. The minimum atomic E-state index is 0.454. The molecule has 0 atom stereocenters. The first kappa shape index (κ1) is 11.8. The summed E-state index contributed by atoms with van der Waals surface area (Å²) in [6.45, 7) is 5.71. The number of rotatable bonds is 5. The van der Waals surface area contributed by atoms with Gasteiger partial charge in [0.05, 0.1) is 13.1 Å². The van der Waals surface area contributed by atoms with Crippen LogP contribution in [-0.4, -0.2) is 30.4 Å². The van der Waals surface area contributed by atoms with Gasteiger partial charge in [-0.2, -0.15) is 0 Å². The average Bonchev–Trinajstić information content (AvgIpc) is 2.87. The third kappa shape index (κ3) is 2.91. The summed E-state index contributed by atoms with van der Waals surface area (Å²) < 4.78 is 4.00. The van der Waals surface area contributed by atoms with Gasteiger partial charge in [-0.1, -0.05) is 13.8 Å². The van der Waals surface area contributed by atoms with Crippen LogP contribution < -0.4 is 5.32 Å². The monoisotopic (exact) mass is 234 g/mol. The molecule has 0 aliphatic heterocycles. The van der Waals surface area contributed by atoms with Crippen LogP contribution in [0.5, 0.6) is 0 Å². The minimum Gasteiger partial charge on any atom is -0.326 e. The van der Waals surface area contributed by atoms with Crippen LogP contribution in [0.1, 0.15) is 25.5 Å². The Labute approximate surface area is 101 Å². The molecule has 0 unspecified atom stereocenters. The van der Waals surface area contributed by atoms with E-state index in [1.165, 1.54) is 0 Å². The quantitative estimate of drug-likeness (QED) is 0.821. The van der Waals surface area contributed by atoms with E-state index in [-0.39, 0.29) is 0 Å². The molecule has 0 fully saturated rings. The molecule has 92 valence electrons. The predicted molar refractivity (Wildman–Crippen MR) is 64.3 cm³/mol. The number of hydrogen-bond donors (Lipinski definition) is 1. The molecule has 2 aromatic rings. The lowest BCUT2D eigenvalue weighted by Crippen LogP contribution is -2.24. The van der Waals surface area contributed by atoms with Crippen LogP contribution in [0.25, 0.3) is 0 Å². The van der Waals surface area contributed by atoms with Crippen molar-refractivity contribution in [3.05, 3.63) is 30.4 Å². The van der Waals surface area contributed by atoms with Gasteiger partial charge < -0.3 is 14.5 Å². The van der Waals surface area contributed by atoms with Crippen LogP contribution in [0.15, 0.2) is 18.7 Å². The van der Waals surface area contributed by atoms with E-state index in [9.17, 15) is 0 Å². The summed E-state index contributed by atoms with van der Waals surface area (Å²) >= 11 is 0. The smallest absolute Gasteiger partial charge is 0.152 e. The fraction of sp³-hybridized carbons (Fsp3) is 0.545. The molecule has 0 spiro atoms. The van der Waals surface area contributed by atoms with Gasteiger partial charge >= 0.3 is 0 Å². The summed E-state index contributed by atoms with van der Waals surface area (Å²) in [5.74, 6) is 1.94. The van der Waals surface area contributed by atoms with E-state index in [4.69, 9.17) is 0 Å². The lowest BCUT2D eigenvalue weighted by atomic mass is 10.4. The number of aromatic nitrogens is 5. The predicted octanol–water partition coefficient (Wildman–Crippen LogP) is 0.558. The minimum absolute atomic E-state index is 0.454. The Bertz CT molecular complexity index is 470. The molecular weight excluding hydrogens is 216 g/mol. The van der Waals surface area contributed by atoms with Crippen LogP contribution in [0, 0.1) is 0 Å². The standard InChI is InChI=1S/C11H18N6/c1-9(2)13-6-10-12-4-5-17(10)7-11-15-14-8-16(11)3/h4-5,8-9,13H,6-7H2,1-3H3. The molecule has 0 aromatic carbocycles. The summed E-state index contributed by atoms with van der Waals surface area (Å²) in [5.41, 5.74) is 0. The third-order valence-corrected chi connectivity index (χ3v) is 2.59. The summed E-state index contributed by atoms with van der Waals surface area (Å²) in [4.78, 5) is 4.34. The van der Waals surface area contributed by atoms with Gasteiger partial charge in [-0.25, -0.2) is 4.98 Å². The zero-order valence-electron chi connectivity index (χ0n) is 10.5. The van der Waals surface area contributed by atoms with Gasteiger partial charge in [0, 0.05) is 25.5 Å². The summed E-state index contributed by atoms with van der Waals surface area (Å²) in [5, 5.41) is 11.3. The Hall–Kier alpha value is -1.69. The van der Waals surface area contributed by atoms with Crippen molar-refractivity contribution >= 4 is 0 Å². The van der Waals surface area contributed by atoms with E-state index >= 15 is 0 Å². The number of nitrogens with zero attached hydrogens (tertiary/aromatic N) is 5. The zero-order valence-corrected chi connectivity index (χ0v) is 10.5. The van der Waals surface area contributed by atoms with E-state index in [1.807, 2.05) is 24.0 Å². The second kappa shape index (κ2) is 5.09. The zero-order chi connectivity index (χ0) is 12.3. The Balaban J connectivity index is 2.06. The summed E-state index contributed by atoms with van der Waals surface area (Å²) in [6, 6.07) is 0.454. The maximum absolute atomic E-state index is 4.34. The molecule has 6 nitrogen and oxygen atoms in total. The Morgan fingerprint density at radius 3 is 2.82 bits per heavy atom. The fourth-order valence-electron chi connectivity index (χ4n) is 1.55. The fourth-order valence-corrected chi connectivity index (χ4v) is 1.55. The van der Waals surface area contributed by atoms with Crippen molar-refractivity contribution < 1.29 is 0 Å². The molecule has 2 aromatic heterocycles. The van der Waals surface area contributed by atoms with Crippen LogP contribution in [0.4, 0.5) is 0 Å². The topological polar surface area (TPSA) is 60.6 Å². The lowest BCUT2D eigenvalue weighted by molar-refractivity contribution is 0.549. The van der Waals surface area contributed by atoms with Gasteiger partial charge in [0.1, 0.15) is 12.2 Å². The Morgan fingerprint density at radius 2 is 2.18 bits per heavy atom. The van der Waals surface area contributed by atoms with Crippen molar-refractivity contribution in [3.63, 3.8) is 0 Å². The Morgan fingerprint density at radius 1 is 1.35 bits per heavy atom. The molecule has 0 aliphatic carbocycles. The molecule has 0 amide bonds. The van der Waals surface area contributed by atoms with Gasteiger partial charge in [0.2, 0.25) is 0 Å². The van der Waals surface area contributed by atoms with Gasteiger partial charge in [0.25, 0.3) is 0 Å². The van der Waals surface area contributed by atoms with E-state index in [1.54, 1.807) is 6.33 Å². The third-order valence-electron chi connectivity index (χ3n) is 2.59. The number of nitrogens with one attached hydrogen (secondary N) is 1. The van der Waals surface area contributed by atoms with Crippen molar-refractivity contribution in [2.24, 2.45) is 7.05 Å². The molecule has 2 heterocycles. The van der Waals surface area contributed by atoms with Gasteiger partial charge in [-0.3, -0.25) is 0 Å². The number of imidazole rings is 1. The first-order valence-corrected chi connectivity index (χ1v) is 5.73. The average molecular weight is 234 g/mol. The highest BCUT2D eigenvalue weighted by atomic mass is 15.3. The van der Waals surface area contributed by atoms with E-state index < -0.39 is 0 Å². The van der Waals surface area contributed by atoms with Crippen molar-refractivity contribution in [2.75, 3.05) is 0 Å². The molecule has 2 rings (SSSR count). The summed E-state index contributed by atoms with van der Waals surface area (Å²) in [6.07, 6.45) is 5.48. The van der Waals surface area contributed by atoms with Crippen LogP contribution in [0.3, 0.4) is 0 Å². The lowest BCUT2D eigenvalue weighted by Gasteiger charge is -2.10. The summed E-state index contributed by atoms with van der Waals surface area (Å²) in [7, 11) is 1.94. The maximum Gasteiger partial charge on any atom is 0.152 e. The van der Waals surface area contributed by atoms with Crippen LogP contribution in [0.2, 0.25) is 0 Å². The normalized spacial score (nSPS) is 11.3. The molecule has 0 bridgehead atoms. The van der Waals surface area contributed by atoms with Gasteiger partial charge in [0.15, 0.2) is 5.82 Å². The van der Waals surface area contributed by atoms with Crippen molar-refractivity contribution in [3.8, 4) is 0 Å². The van der Waals surface area contributed by atoms with Crippen molar-refractivity contribution in [1.29, 1.82) is 0 Å². The van der Waals surface area contributed by atoms with Crippen LogP contribution in [-0.2, 0) is 20.1 Å². The Kier molecular flexibility index (Phi) is 3.53. The van der Waals surface area contributed by atoms with E-state index in [0.29, 0.717) is 12.6 Å². The molecular formula is C11H18N6. The molecule has 0 aliphatic rings. The highest BCUT2D eigenvalue weighted by molar-refractivity contribution is 4.97. The van der Waals surface area contributed by atoms with Crippen molar-refractivity contribution in [2.45, 2.75) is 33.0 Å². The SMILES string of the molecule is CC(C)NCc1nccn1Cc1nncn1C. The molecule has 1 N–H and O–H groups in total. The maximum atomic E-state index is 4.34. The highest BCUT2D eigenvalue weighted by Gasteiger charge is 2.07. The van der Waals surface area contributed by atoms with E-state index in [2.05, 4.69) is 38.9 Å². The van der Waals surface area contributed by atoms with E-state index in [0.717, 1.165) is 18.2 Å². The molecule has 0 saturated heterocycles. The first-order valence-electron chi connectivity index (χ1n) is 5.73. The van der Waals surface area contributed by atoms with Crippen LogP contribution >= 0.6 is 0 Å². The highest BCUT2D eigenvalue weighted by Crippen LogP contribution is 2.02. The number of aryl methyl sites for hydroxylation is 1. The second-order valence-corrected chi connectivity index (χ2v) is 4.37. The van der Waals surface area contributed by atoms with Gasteiger partial charge in [-0.05, 0) is 0 Å². The first-order chi connectivity index (χ1) is 8.16. The molecule has 0 saturated carbocycles. The van der Waals surface area contributed by atoms with Gasteiger partial charge in [-0.15, -0.1) is 10.2 Å². The molecule has 0 radical (unpaired) electrons. The van der Waals surface area contributed by atoms with Crippen molar-refractivity contribution in [1.82, 2.24) is 29.6 Å². The largest absolute Gasteiger partial charge is 0.326 e. The number of hydrogen-bond acceptors (Lipinski definition) is 4. The molecule has 17 heavy (non-hydrogen) atoms. The molecule has 6 heteroatoms.